The zero-order valence-corrected chi connectivity index (χ0v) is 30.0. The number of nitrogens with zero attached hydrogens (tertiary/aromatic N) is 4. The first-order valence-corrected chi connectivity index (χ1v) is 18.7. The van der Waals surface area contributed by atoms with Crippen molar-refractivity contribution in [2.75, 3.05) is 69.2 Å². The number of anilines is 2. The van der Waals surface area contributed by atoms with Gasteiger partial charge in [0.2, 0.25) is 11.8 Å². The van der Waals surface area contributed by atoms with Gasteiger partial charge in [-0.2, -0.15) is 0 Å². The average Bonchev–Trinajstić information content (AvgIpc) is 3.65. The molecule has 2 aromatic carbocycles. The van der Waals surface area contributed by atoms with Crippen LogP contribution in [0.15, 0.2) is 35.1 Å². The molecule has 15 heteroatoms. The average molecular weight is 738 g/mol. The molecule has 1 saturated carbocycles. The highest BCUT2D eigenvalue weighted by Gasteiger charge is 2.27. The van der Waals surface area contributed by atoms with Crippen LogP contribution in [0, 0.1) is 23.5 Å². The fourth-order valence-corrected chi connectivity index (χ4v) is 7.89. The highest BCUT2D eigenvalue weighted by molar-refractivity contribution is 6.01. The summed E-state index contributed by atoms with van der Waals surface area (Å²) in [5.74, 6) is 0.355. The lowest BCUT2D eigenvalue weighted by molar-refractivity contribution is -0.133. The van der Waals surface area contributed by atoms with Crippen molar-refractivity contribution < 1.29 is 33.0 Å². The van der Waals surface area contributed by atoms with Gasteiger partial charge in [-0.05, 0) is 62.4 Å². The van der Waals surface area contributed by atoms with Crippen LogP contribution < -0.4 is 25.8 Å². The number of ether oxygens (including phenoxy) is 1. The monoisotopic (exact) mass is 737 g/mol. The highest BCUT2D eigenvalue weighted by atomic mass is 19.1. The van der Waals surface area contributed by atoms with Gasteiger partial charge in [0.15, 0.2) is 0 Å². The van der Waals surface area contributed by atoms with Crippen LogP contribution in [-0.4, -0.2) is 108 Å². The number of piperidine rings is 2. The number of nitrogens with one attached hydrogen (secondary N) is 3. The van der Waals surface area contributed by atoms with Crippen molar-refractivity contribution in [2.45, 2.75) is 63.8 Å². The number of hydrogen-bond donors (Lipinski definition) is 4. The van der Waals surface area contributed by atoms with Crippen LogP contribution in [0.4, 0.5) is 20.2 Å². The molecule has 1 aliphatic carbocycles. The van der Waals surface area contributed by atoms with Crippen molar-refractivity contribution in [1.82, 2.24) is 25.1 Å². The van der Waals surface area contributed by atoms with Gasteiger partial charge in [-0.15, -0.1) is 0 Å². The van der Waals surface area contributed by atoms with E-state index in [0.29, 0.717) is 53.3 Å². The predicted molar refractivity (Wildman–Crippen MR) is 196 cm³/mol. The number of aromatic amines is 1. The quantitative estimate of drug-likeness (QED) is 0.168. The number of carboxylic acid groups (broad SMARTS) is 1. The number of amides is 2. The fourth-order valence-electron chi connectivity index (χ4n) is 7.89. The number of hydrogen-bond acceptors (Lipinski definition) is 10. The van der Waals surface area contributed by atoms with Crippen LogP contribution in [0.3, 0.4) is 0 Å². The zero-order chi connectivity index (χ0) is 37.3. The van der Waals surface area contributed by atoms with Gasteiger partial charge in [0.05, 0.1) is 17.8 Å². The Bertz CT molecular complexity index is 1800. The molecular formula is C38H49F2N7O6. The summed E-state index contributed by atoms with van der Waals surface area (Å²) >= 11 is 0. The molecule has 2 amide bonds. The Hall–Kier alpha value is -4.63. The largest absolute Gasteiger partial charge is 0.493 e. The first-order valence-electron chi connectivity index (χ1n) is 18.7. The van der Waals surface area contributed by atoms with Gasteiger partial charge in [-0.3, -0.25) is 29.4 Å². The van der Waals surface area contributed by atoms with Crippen LogP contribution in [0.1, 0.15) is 57.2 Å². The predicted octanol–water partition coefficient (Wildman–Crippen LogP) is 3.76. The number of halogens is 2. The molecule has 286 valence electrons. The van der Waals surface area contributed by atoms with Crippen LogP contribution in [0.25, 0.3) is 10.9 Å². The second-order valence-electron chi connectivity index (χ2n) is 14.5. The Kier molecular flexibility index (Phi) is 12.9. The van der Waals surface area contributed by atoms with Crippen LogP contribution in [-0.2, 0) is 20.8 Å². The van der Waals surface area contributed by atoms with Crippen molar-refractivity contribution in [3.63, 3.8) is 0 Å². The number of carbonyl (C=O) groups is 3. The molecule has 7 rings (SSSR count). The number of fused-ring (bicyclic) bond motifs is 1. The summed E-state index contributed by atoms with van der Waals surface area (Å²) in [5.41, 5.74) is 1.01. The van der Waals surface area contributed by atoms with Crippen molar-refractivity contribution in [1.29, 1.82) is 0 Å². The Morgan fingerprint density at radius 3 is 2.26 bits per heavy atom. The number of benzene rings is 2. The van der Waals surface area contributed by atoms with Gasteiger partial charge < -0.3 is 29.9 Å². The third-order valence-electron chi connectivity index (χ3n) is 10.9. The standard InChI is InChI=1S/C37H47F2N7O4.CH2O2/c38-28-20-26(40-30-6-8-34(47)43-36(30)48)5-7-32(28)46-17-15-45(16-18-46)14-13-44-11-9-25(10-12-44)23-50-27-21-29(39)35-31(22-27)41-33(42-37(35)49)19-24-3-1-2-4-24;2-1-3/h5,7,20-22,24-25,30,40H,1-4,6,8-19,23H2,(H,41,42,49)(H,43,47,48);1H,(H,2,3). The molecule has 4 fully saturated rings. The molecule has 0 radical (unpaired) electrons. The minimum absolute atomic E-state index is 0.00959. The fraction of sp³-hybridized carbons (Fsp3) is 0.553. The zero-order valence-electron chi connectivity index (χ0n) is 30.0. The lowest BCUT2D eigenvalue weighted by Gasteiger charge is -2.38. The number of rotatable bonds is 11. The van der Waals surface area contributed by atoms with E-state index in [2.05, 4.69) is 35.3 Å². The Morgan fingerprint density at radius 2 is 1.58 bits per heavy atom. The molecule has 1 aromatic heterocycles. The summed E-state index contributed by atoms with van der Waals surface area (Å²) in [4.78, 5) is 58.8. The van der Waals surface area contributed by atoms with E-state index in [0.717, 1.165) is 84.5 Å². The molecule has 4 heterocycles. The number of aromatic nitrogens is 2. The van der Waals surface area contributed by atoms with E-state index in [1.54, 1.807) is 18.2 Å². The first kappa shape index (κ1) is 38.1. The van der Waals surface area contributed by atoms with E-state index in [4.69, 9.17) is 14.6 Å². The van der Waals surface area contributed by atoms with Crippen molar-refractivity contribution in [3.8, 4) is 5.75 Å². The third kappa shape index (κ3) is 10.1. The first-order chi connectivity index (χ1) is 25.7. The maximum atomic E-state index is 15.1. The van der Waals surface area contributed by atoms with Gasteiger partial charge in [0, 0.05) is 69.9 Å². The molecule has 1 atom stereocenters. The molecule has 0 spiro atoms. The topological polar surface area (TPSA) is 160 Å². The SMILES string of the molecule is O=C1CCC(Nc2ccc(N3CCN(CCN4CCC(COc5cc(F)c6c(=O)[nH]c(CC7CCCC7)nc6c5)CC4)CC3)c(F)c2)C(=O)N1.O=CO. The molecule has 3 aromatic rings. The van der Waals surface area contributed by atoms with Gasteiger partial charge in [-0.1, -0.05) is 25.7 Å². The van der Waals surface area contributed by atoms with Crippen LogP contribution >= 0.6 is 0 Å². The molecule has 4 aliphatic rings. The van der Waals surface area contributed by atoms with E-state index >= 15 is 4.39 Å². The second kappa shape index (κ2) is 17.9. The Morgan fingerprint density at radius 1 is 0.887 bits per heavy atom. The summed E-state index contributed by atoms with van der Waals surface area (Å²) in [7, 11) is 0. The Labute approximate surface area is 307 Å². The minimum Gasteiger partial charge on any atom is -0.493 e. The normalized spacial score (nSPS) is 20.6. The molecule has 13 nitrogen and oxygen atoms in total. The summed E-state index contributed by atoms with van der Waals surface area (Å²) in [6.45, 7) is 7.31. The van der Waals surface area contributed by atoms with E-state index in [9.17, 15) is 18.8 Å². The number of piperazine rings is 1. The molecule has 3 saturated heterocycles. The maximum absolute atomic E-state index is 15.1. The van der Waals surface area contributed by atoms with E-state index in [-0.39, 0.29) is 35.9 Å². The lowest BCUT2D eigenvalue weighted by atomic mass is 9.98. The number of imide groups is 1. The summed E-state index contributed by atoms with van der Waals surface area (Å²) in [6.07, 6.45) is 8.09. The van der Waals surface area contributed by atoms with Crippen molar-refractivity contribution >= 4 is 40.6 Å². The smallest absolute Gasteiger partial charge is 0.290 e. The van der Waals surface area contributed by atoms with Gasteiger partial charge in [0.1, 0.15) is 34.6 Å². The number of likely N-dealkylation sites (tertiary alicyclic amines) is 1. The molecule has 1 unspecified atom stereocenters. The molecule has 4 N–H and O–H groups in total. The van der Waals surface area contributed by atoms with E-state index in [1.165, 1.54) is 25.0 Å². The number of H-pyrrole nitrogens is 1. The summed E-state index contributed by atoms with van der Waals surface area (Å²) in [6, 6.07) is 7.42. The van der Waals surface area contributed by atoms with Gasteiger partial charge in [0.25, 0.3) is 12.0 Å². The molecule has 53 heavy (non-hydrogen) atoms. The van der Waals surface area contributed by atoms with E-state index < -0.39 is 17.4 Å². The Balaban J connectivity index is 0.00000155. The van der Waals surface area contributed by atoms with Crippen molar-refractivity contribution in [3.05, 3.63) is 58.1 Å². The van der Waals surface area contributed by atoms with Gasteiger partial charge in [-0.25, -0.2) is 13.8 Å². The molecule has 3 aliphatic heterocycles. The van der Waals surface area contributed by atoms with Crippen molar-refractivity contribution in [2.24, 2.45) is 11.8 Å². The third-order valence-corrected chi connectivity index (χ3v) is 10.9. The van der Waals surface area contributed by atoms with E-state index in [1.807, 2.05) is 0 Å². The van der Waals surface area contributed by atoms with Crippen LogP contribution in [0.2, 0.25) is 0 Å². The van der Waals surface area contributed by atoms with Crippen LogP contribution in [0.5, 0.6) is 5.75 Å². The number of carbonyl (C=O) groups excluding carboxylic acids is 2. The molecule has 0 bridgehead atoms. The maximum Gasteiger partial charge on any atom is 0.290 e. The summed E-state index contributed by atoms with van der Waals surface area (Å²) in [5, 5.41) is 12.2. The highest BCUT2D eigenvalue weighted by Crippen LogP contribution is 2.29. The second-order valence-corrected chi connectivity index (χ2v) is 14.5. The van der Waals surface area contributed by atoms with Gasteiger partial charge >= 0.3 is 0 Å². The lowest BCUT2D eigenvalue weighted by Crippen LogP contribution is -2.49. The molecular weight excluding hydrogens is 688 g/mol. The summed E-state index contributed by atoms with van der Waals surface area (Å²) < 4.78 is 36.1. The minimum atomic E-state index is -0.600.